The van der Waals surface area contributed by atoms with Crippen molar-refractivity contribution in [2.24, 2.45) is 0 Å². The maximum atomic E-state index is 12.4. The van der Waals surface area contributed by atoms with Crippen molar-refractivity contribution in [3.05, 3.63) is 65.4 Å². The molecule has 0 spiro atoms. The number of rotatable bonds is 4. The maximum Gasteiger partial charge on any atom is 0.288 e. The number of methoxy groups -OCH3 is 1. The molecule has 150 valence electrons. The molecule has 1 aromatic carbocycles. The van der Waals surface area contributed by atoms with Gasteiger partial charge in [0.05, 0.1) is 19.1 Å². The van der Waals surface area contributed by atoms with Crippen LogP contribution in [0, 0.1) is 20.8 Å². The van der Waals surface area contributed by atoms with Crippen LogP contribution >= 0.6 is 12.2 Å². The van der Waals surface area contributed by atoms with Gasteiger partial charge in [0.25, 0.3) is 5.91 Å². The molecule has 2 heterocycles. The molecule has 0 atom stereocenters. The number of aryl methyl sites for hydroxylation is 3. The lowest BCUT2D eigenvalue weighted by Crippen LogP contribution is -2.44. The molecule has 3 aromatic rings. The van der Waals surface area contributed by atoms with Gasteiger partial charge in [0.2, 0.25) is 5.88 Å². The van der Waals surface area contributed by atoms with E-state index in [2.05, 4.69) is 26.1 Å². The van der Waals surface area contributed by atoms with E-state index in [9.17, 15) is 4.79 Å². The van der Waals surface area contributed by atoms with E-state index in [1.807, 2.05) is 45.2 Å². The smallest absolute Gasteiger partial charge is 0.288 e. The van der Waals surface area contributed by atoms with Crippen LogP contribution in [0.25, 0.3) is 5.69 Å². The van der Waals surface area contributed by atoms with Crippen LogP contribution in [-0.4, -0.2) is 32.7 Å². The monoisotopic (exact) mass is 410 g/mol. The van der Waals surface area contributed by atoms with Crippen LogP contribution in [0.1, 0.15) is 27.3 Å². The highest BCUT2D eigenvalue weighted by Crippen LogP contribution is 2.21. The second-order valence-electron chi connectivity index (χ2n) is 6.50. The number of anilines is 1. The highest BCUT2D eigenvalue weighted by Gasteiger charge is 2.14. The molecule has 0 radical (unpaired) electrons. The topological polar surface area (TPSA) is 93.1 Å². The van der Waals surface area contributed by atoms with Gasteiger partial charge in [-0.25, -0.2) is 9.97 Å². The summed E-state index contributed by atoms with van der Waals surface area (Å²) in [5.74, 6) is -0.132. The van der Waals surface area contributed by atoms with Gasteiger partial charge in [-0.05, 0) is 62.3 Å². The zero-order valence-electron chi connectivity index (χ0n) is 16.6. The van der Waals surface area contributed by atoms with Crippen LogP contribution < -0.4 is 20.9 Å². The van der Waals surface area contributed by atoms with Gasteiger partial charge < -0.3 is 14.6 Å². The number of hydrazine groups is 1. The van der Waals surface area contributed by atoms with E-state index < -0.39 is 5.91 Å². The molecule has 29 heavy (non-hydrogen) atoms. The van der Waals surface area contributed by atoms with Crippen LogP contribution in [0.3, 0.4) is 0 Å². The summed E-state index contributed by atoms with van der Waals surface area (Å²) in [4.78, 5) is 20.9. The summed E-state index contributed by atoms with van der Waals surface area (Å²) in [5, 5.41) is 3.33. The number of carbonyl (C=O) groups excluding carboxylic acids is 1. The summed E-state index contributed by atoms with van der Waals surface area (Å²) in [7, 11) is 1.50. The predicted molar refractivity (Wildman–Crippen MR) is 115 cm³/mol. The Kier molecular flexibility index (Phi) is 6.08. The van der Waals surface area contributed by atoms with Gasteiger partial charge >= 0.3 is 0 Å². The highest BCUT2D eigenvalue weighted by molar-refractivity contribution is 7.80. The van der Waals surface area contributed by atoms with Gasteiger partial charge in [0.15, 0.2) is 5.11 Å². The number of nitrogens with zero attached hydrogens (tertiary/aromatic N) is 3. The molecule has 0 aliphatic carbocycles. The second-order valence-corrected chi connectivity index (χ2v) is 6.91. The number of ether oxygens (including phenoxy) is 1. The lowest BCUT2D eigenvalue weighted by Gasteiger charge is -2.14. The van der Waals surface area contributed by atoms with Gasteiger partial charge in [0.1, 0.15) is 11.4 Å². The zero-order valence-corrected chi connectivity index (χ0v) is 17.4. The SMILES string of the molecule is COc1nc(C(=O)NNC(=S)Nc2cc(C)ccc2C)ccc1-n1cnc(C)c1. The number of benzene rings is 1. The van der Waals surface area contributed by atoms with E-state index in [-0.39, 0.29) is 10.8 Å². The third-order valence-electron chi connectivity index (χ3n) is 4.19. The summed E-state index contributed by atoms with van der Waals surface area (Å²) in [6, 6.07) is 9.35. The van der Waals surface area contributed by atoms with Crippen LogP contribution in [0.4, 0.5) is 5.69 Å². The minimum Gasteiger partial charge on any atom is -0.479 e. The molecule has 3 N–H and O–H groups in total. The van der Waals surface area contributed by atoms with E-state index in [4.69, 9.17) is 17.0 Å². The molecular weight excluding hydrogens is 388 g/mol. The Balaban J connectivity index is 1.66. The Labute approximate surface area is 174 Å². The first kappa shape index (κ1) is 20.3. The molecule has 1 amide bonds. The number of thiocarbonyl (C=S) groups is 1. The third kappa shape index (κ3) is 4.88. The average molecular weight is 411 g/mol. The predicted octanol–water partition coefficient (Wildman–Crippen LogP) is 2.83. The Morgan fingerprint density at radius 2 is 1.93 bits per heavy atom. The summed E-state index contributed by atoms with van der Waals surface area (Å²) in [5.41, 5.74) is 9.98. The summed E-state index contributed by atoms with van der Waals surface area (Å²) >= 11 is 5.25. The van der Waals surface area contributed by atoms with Gasteiger partial charge in [-0.3, -0.25) is 15.6 Å². The van der Waals surface area contributed by atoms with E-state index in [1.54, 1.807) is 23.0 Å². The van der Waals surface area contributed by atoms with Crippen molar-refractivity contribution < 1.29 is 9.53 Å². The summed E-state index contributed by atoms with van der Waals surface area (Å²) in [6.07, 6.45) is 3.51. The van der Waals surface area contributed by atoms with Gasteiger partial charge in [-0.15, -0.1) is 0 Å². The molecule has 0 bridgehead atoms. The first-order chi connectivity index (χ1) is 13.9. The largest absolute Gasteiger partial charge is 0.479 e. The van der Waals surface area contributed by atoms with Crippen molar-refractivity contribution >= 4 is 28.9 Å². The van der Waals surface area contributed by atoms with Crippen molar-refractivity contribution in [1.29, 1.82) is 0 Å². The molecule has 9 heteroatoms. The Bertz CT molecular complexity index is 1060. The van der Waals surface area contributed by atoms with E-state index in [0.29, 0.717) is 11.6 Å². The van der Waals surface area contributed by atoms with Crippen LogP contribution in [0.15, 0.2) is 42.9 Å². The van der Waals surface area contributed by atoms with E-state index in [1.165, 1.54) is 7.11 Å². The van der Waals surface area contributed by atoms with Crippen molar-refractivity contribution in [3.63, 3.8) is 0 Å². The molecule has 2 aromatic heterocycles. The Morgan fingerprint density at radius 1 is 1.14 bits per heavy atom. The van der Waals surface area contributed by atoms with Gasteiger partial charge in [0, 0.05) is 11.9 Å². The van der Waals surface area contributed by atoms with Crippen molar-refractivity contribution in [2.75, 3.05) is 12.4 Å². The lowest BCUT2D eigenvalue weighted by atomic mass is 10.1. The fraction of sp³-hybridized carbons (Fsp3) is 0.200. The maximum absolute atomic E-state index is 12.4. The number of aromatic nitrogens is 3. The number of amides is 1. The molecular formula is C20H22N6O2S. The molecule has 0 saturated heterocycles. The van der Waals surface area contributed by atoms with Crippen molar-refractivity contribution in [2.45, 2.75) is 20.8 Å². The fourth-order valence-electron chi connectivity index (χ4n) is 2.66. The van der Waals surface area contributed by atoms with E-state index >= 15 is 0 Å². The molecule has 0 aliphatic rings. The zero-order chi connectivity index (χ0) is 21.0. The quantitative estimate of drug-likeness (QED) is 0.450. The van der Waals surface area contributed by atoms with Crippen LogP contribution in [-0.2, 0) is 0 Å². The number of carbonyl (C=O) groups is 1. The Morgan fingerprint density at radius 3 is 2.62 bits per heavy atom. The third-order valence-corrected chi connectivity index (χ3v) is 4.39. The molecule has 8 nitrogen and oxygen atoms in total. The second kappa shape index (κ2) is 8.70. The Hall–Kier alpha value is -3.46. The van der Waals surface area contributed by atoms with Gasteiger partial charge in [-0.1, -0.05) is 12.1 Å². The normalized spacial score (nSPS) is 10.3. The summed E-state index contributed by atoms with van der Waals surface area (Å²) < 4.78 is 7.11. The number of pyridine rings is 1. The first-order valence-electron chi connectivity index (χ1n) is 8.88. The number of nitrogens with one attached hydrogen (secondary N) is 3. The average Bonchev–Trinajstić information content (AvgIpc) is 3.14. The van der Waals surface area contributed by atoms with Crippen LogP contribution in [0.5, 0.6) is 5.88 Å². The van der Waals surface area contributed by atoms with Crippen LogP contribution in [0.2, 0.25) is 0 Å². The van der Waals surface area contributed by atoms with E-state index in [0.717, 1.165) is 22.5 Å². The molecule has 0 aliphatic heterocycles. The van der Waals surface area contributed by atoms with Crippen molar-refractivity contribution in [3.8, 4) is 11.6 Å². The number of hydrogen-bond donors (Lipinski definition) is 3. The number of imidazole rings is 1. The molecule has 3 rings (SSSR count). The van der Waals surface area contributed by atoms with Crippen molar-refractivity contribution in [1.82, 2.24) is 25.4 Å². The standard InChI is InChI=1S/C20H22N6O2S/c1-12-5-6-13(2)16(9-12)23-20(29)25-24-18(27)15-7-8-17(19(22-15)28-4)26-10-14(3)21-11-26/h5-11H,1-4H3,(H,24,27)(H2,23,25,29). The minimum absolute atomic E-state index is 0.185. The van der Waals surface area contributed by atoms with Gasteiger partial charge in [-0.2, -0.15) is 0 Å². The molecule has 0 fully saturated rings. The minimum atomic E-state index is -0.443. The fourth-order valence-corrected chi connectivity index (χ4v) is 2.82. The molecule has 0 saturated carbocycles. The highest BCUT2D eigenvalue weighted by atomic mass is 32.1. The summed E-state index contributed by atoms with van der Waals surface area (Å²) in [6.45, 7) is 5.86. The molecule has 0 unspecified atom stereocenters. The lowest BCUT2D eigenvalue weighted by molar-refractivity contribution is 0.0938. The number of hydrogen-bond acceptors (Lipinski definition) is 5. The first-order valence-corrected chi connectivity index (χ1v) is 9.29.